The van der Waals surface area contributed by atoms with Gasteiger partial charge in [0.15, 0.2) is 41.7 Å². The van der Waals surface area contributed by atoms with Crippen molar-refractivity contribution < 1.29 is 33.6 Å². The molecule has 156 valence electrons. The van der Waals surface area contributed by atoms with E-state index >= 15 is 0 Å². The molecule has 29 heavy (non-hydrogen) atoms. The summed E-state index contributed by atoms with van der Waals surface area (Å²) in [6.45, 7) is 3.65. The molecular formula is C17H21N5O7. The predicted molar refractivity (Wildman–Crippen MR) is 95.4 cm³/mol. The van der Waals surface area contributed by atoms with Crippen molar-refractivity contribution in [2.75, 3.05) is 18.5 Å². The van der Waals surface area contributed by atoms with Crippen LogP contribution in [0, 0.1) is 0 Å². The van der Waals surface area contributed by atoms with Crippen LogP contribution in [0.25, 0.3) is 11.2 Å². The first-order valence-corrected chi connectivity index (χ1v) is 9.14. The Balaban J connectivity index is 1.67. The molecule has 2 aromatic rings. The molecule has 0 bridgehead atoms. The van der Waals surface area contributed by atoms with E-state index < -0.39 is 36.7 Å². The number of rotatable bonds is 5. The summed E-state index contributed by atoms with van der Waals surface area (Å²) in [4.78, 5) is 35.9. The summed E-state index contributed by atoms with van der Waals surface area (Å²) in [5.74, 6) is -0.723. The van der Waals surface area contributed by atoms with Crippen LogP contribution in [0.1, 0.15) is 26.5 Å². The van der Waals surface area contributed by atoms with E-state index in [1.54, 1.807) is 0 Å². The fourth-order valence-corrected chi connectivity index (χ4v) is 3.47. The lowest BCUT2D eigenvalue weighted by Crippen LogP contribution is -2.38. The van der Waals surface area contributed by atoms with Crippen LogP contribution in [0.3, 0.4) is 0 Å². The second-order valence-corrected chi connectivity index (χ2v) is 6.82. The zero-order valence-electron chi connectivity index (χ0n) is 15.8. The zero-order chi connectivity index (χ0) is 20.5. The molecule has 2 N–H and O–H groups in total. The summed E-state index contributed by atoms with van der Waals surface area (Å²) in [5, 5.41) is 13.5. The van der Waals surface area contributed by atoms with E-state index in [1.165, 1.54) is 31.1 Å². The minimum atomic E-state index is -1.49. The lowest BCUT2D eigenvalue weighted by Gasteiger charge is -2.22. The number of carbonyl (C=O) groups excluding carboxylic acids is 2. The highest BCUT2D eigenvalue weighted by atomic mass is 16.7. The molecule has 4 heterocycles. The van der Waals surface area contributed by atoms with Gasteiger partial charge in [0.1, 0.15) is 6.33 Å². The molecule has 0 spiro atoms. The summed E-state index contributed by atoms with van der Waals surface area (Å²) < 4.78 is 22.8. The van der Waals surface area contributed by atoms with Gasteiger partial charge in [-0.3, -0.25) is 14.2 Å². The Morgan fingerprint density at radius 1 is 1.21 bits per heavy atom. The Morgan fingerprint density at radius 3 is 2.66 bits per heavy atom. The number of ether oxygens (including phenoxy) is 4. The largest absolute Gasteiger partial charge is 0.453 e. The topological polar surface area (TPSA) is 147 Å². The van der Waals surface area contributed by atoms with Crippen LogP contribution >= 0.6 is 0 Å². The molecule has 4 rings (SSSR count). The van der Waals surface area contributed by atoms with Gasteiger partial charge in [0.2, 0.25) is 0 Å². The number of carbonyl (C=O) groups is 2. The fourth-order valence-electron chi connectivity index (χ4n) is 3.47. The number of aromatic nitrogens is 4. The maximum atomic E-state index is 11.6. The van der Waals surface area contributed by atoms with Gasteiger partial charge in [0.25, 0.3) is 0 Å². The smallest absolute Gasteiger partial charge is 0.303 e. The van der Waals surface area contributed by atoms with Crippen molar-refractivity contribution in [1.29, 1.82) is 0 Å². The van der Waals surface area contributed by atoms with Crippen LogP contribution < -0.4 is 5.32 Å². The molecule has 0 unspecified atom stereocenters. The van der Waals surface area contributed by atoms with E-state index in [-0.39, 0.29) is 6.04 Å². The van der Waals surface area contributed by atoms with Crippen LogP contribution in [-0.4, -0.2) is 74.3 Å². The second kappa shape index (κ2) is 7.89. The molecule has 0 aromatic carbocycles. The Morgan fingerprint density at radius 2 is 1.97 bits per heavy atom. The molecule has 2 saturated heterocycles. The van der Waals surface area contributed by atoms with Crippen LogP contribution in [-0.2, 0) is 28.5 Å². The van der Waals surface area contributed by atoms with Crippen molar-refractivity contribution in [3.63, 3.8) is 0 Å². The van der Waals surface area contributed by atoms with Gasteiger partial charge in [-0.2, -0.15) is 0 Å². The van der Waals surface area contributed by atoms with Crippen molar-refractivity contribution >= 4 is 28.9 Å². The monoisotopic (exact) mass is 407 g/mol. The highest BCUT2D eigenvalue weighted by molar-refractivity contribution is 5.83. The van der Waals surface area contributed by atoms with Gasteiger partial charge in [-0.05, 0) is 6.42 Å². The summed E-state index contributed by atoms with van der Waals surface area (Å²) in [6.07, 6.45) is -1.09. The van der Waals surface area contributed by atoms with E-state index in [9.17, 15) is 14.7 Å². The lowest BCUT2D eigenvalue weighted by atomic mass is 10.2. The maximum absolute atomic E-state index is 11.6. The van der Waals surface area contributed by atoms with Crippen molar-refractivity contribution in [2.45, 2.75) is 51.0 Å². The third-order valence-corrected chi connectivity index (χ3v) is 4.67. The molecule has 2 fully saturated rings. The molecule has 2 aliphatic heterocycles. The van der Waals surface area contributed by atoms with Crippen LogP contribution in [0.2, 0.25) is 0 Å². The number of hydrogen-bond acceptors (Lipinski definition) is 11. The summed E-state index contributed by atoms with van der Waals surface area (Å²) >= 11 is 0. The van der Waals surface area contributed by atoms with Gasteiger partial charge < -0.3 is 29.4 Å². The van der Waals surface area contributed by atoms with Crippen molar-refractivity contribution in [2.24, 2.45) is 0 Å². The molecule has 0 radical (unpaired) electrons. The summed E-state index contributed by atoms with van der Waals surface area (Å²) in [6, 6.07) is 0.116. The first kappa shape index (κ1) is 19.5. The number of fused-ring (bicyclic) bond motifs is 1. The van der Waals surface area contributed by atoms with Gasteiger partial charge >= 0.3 is 11.9 Å². The minimum Gasteiger partial charge on any atom is -0.453 e. The Hall–Kier alpha value is -2.83. The minimum absolute atomic E-state index is 0.116. The van der Waals surface area contributed by atoms with Crippen LogP contribution in [0.4, 0.5) is 5.82 Å². The number of aliphatic hydroxyl groups is 1. The number of esters is 2. The fraction of sp³-hybridized carbons (Fsp3) is 0.588. The molecule has 0 amide bonds. The molecule has 2 aliphatic rings. The molecular weight excluding hydrogens is 386 g/mol. The second-order valence-electron chi connectivity index (χ2n) is 6.82. The van der Waals surface area contributed by atoms with E-state index in [0.717, 1.165) is 6.42 Å². The van der Waals surface area contributed by atoms with Crippen LogP contribution in [0.5, 0.6) is 0 Å². The van der Waals surface area contributed by atoms with E-state index in [2.05, 4.69) is 20.3 Å². The number of nitrogens with zero attached hydrogens (tertiary/aromatic N) is 4. The lowest BCUT2D eigenvalue weighted by molar-refractivity contribution is -0.174. The highest BCUT2D eigenvalue weighted by Gasteiger charge is 2.50. The highest BCUT2D eigenvalue weighted by Crippen LogP contribution is 2.35. The van der Waals surface area contributed by atoms with Gasteiger partial charge in [-0.25, -0.2) is 15.0 Å². The predicted octanol–water partition coefficient (Wildman–Crippen LogP) is -0.262. The number of aliphatic hydroxyl groups excluding tert-OH is 1. The Labute approximate surface area is 165 Å². The Bertz CT molecular complexity index is 913. The third-order valence-electron chi connectivity index (χ3n) is 4.67. The number of anilines is 1. The normalized spacial score (nSPS) is 29.1. The molecule has 12 nitrogen and oxygen atoms in total. The van der Waals surface area contributed by atoms with Crippen molar-refractivity contribution in [3.8, 4) is 0 Å². The first-order chi connectivity index (χ1) is 13.9. The van der Waals surface area contributed by atoms with Crippen LogP contribution in [0.15, 0.2) is 12.7 Å². The molecule has 5 atom stereocenters. The van der Waals surface area contributed by atoms with E-state index in [0.29, 0.717) is 30.2 Å². The van der Waals surface area contributed by atoms with E-state index in [1.807, 2.05) is 0 Å². The quantitative estimate of drug-likeness (QED) is 0.632. The van der Waals surface area contributed by atoms with E-state index in [4.69, 9.17) is 18.9 Å². The average Bonchev–Trinajstić information content (AvgIpc) is 3.37. The first-order valence-electron chi connectivity index (χ1n) is 9.14. The molecule has 12 heteroatoms. The molecule has 2 aromatic heterocycles. The number of imidazole rings is 1. The maximum Gasteiger partial charge on any atom is 0.303 e. The number of hydrogen-bond donors (Lipinski definition) is 2. The zero-order valence-corrected chi connectivity index (χ0v) is 15.8. The molecule has 0 aliphatic carbocycles. The Kier molecular flexibility index (Phi) is 5.30. The standard InChI is InChI=1S/C17H21N5O7/c1-8(23)27-12-13(28-9(2)24)17(25)29-16(12)22-7-20-11-14(18-6-19-15(11)22)21-10-3-4-26-5-10/h6-7,10,12-13,16-17,25H,3-5H2,1-2H3,(H,18,19,21)/t10-,12-,13+,16-,17+/m1/s1. The van der Waals surface area contributed by atoms with Crippen molar-refractivity contribution in [3.05, 3.63) is 12.7 Å². The number of nitrogens with one attached hydrogen (secondary N) is 1. The van der Waals surface area contributed by atoms with Gasteiger partial charge in [-0.15, -0.1) is 0 Å². The van der Waals surface area contributed by atoms with Gasteiger partial charge in [-0.1, -0.05) is 0 Å². The average molecular weight is 407 g/mol. The van der Waals surface area contributed by atoms with Crippen molar-refractivity contribution in [1.82, 2.24) is 19.5 Å². The van der Waals surface area contributed by atoms with Gasteiger partial charge in [0.05, 0.1) is 19.0 Å². The summed E-state index contributed by atoms with van der Waals surface area (Å²) in [5.41, 5.74) is 0.884. The molecule has 0 saturated carbocycles. The summed E-state index contributed by atoms with van der Waals surface area (Å²) in [7, 11) is 0. The SMILES string of the molecule is CC(=O)O[C@@H]1[C@H](OC(C)=O)[C@@H](O)O[C@H]1n1cnc2c(N[C@@H]3CCOC3)ncnc21. The third kappa shape index (κ3) is 3.86. The van der Waals surface area contributed by atoms with Gasteiger partial charge in [0, 0.05) is 20.5 Å².